The topological polar surface area (TPSA) is 57.3 Å². The van der Waals surface area contributed by atoms with Gasteiger partial charge in [0.1, 0.15) is 0 Å². The molecule has 1 aliphatic heterocycles. The zero-order valence-electron chi connectivity index (χ0n) is 10.0. The van der Waals surface area contributed by atoms with Crippen LogP contribution < -0.4 is 10.6 Å². The van der Waals surface area contributed by atoms with E-state index < -0.39 is 0 Å². The number of hydrogen-bond acceptors (Lipinski definition) is 3. The van der Waals surface area contributed by atoms with E-state index >= 15 is 0 Å². The molecule has 1 atom stereocenters. The minimum atomic E-state index is 0.0392. The number of pyridine rings is 1. The number of nitrogens with zero attached hydrogens (tertiary/aromatic N) is 2. The number of carbonyl (C=O) groups is 1. The monoisotopic (exact) mass is 234 g/mol. The predicted octanol–water partition coefficient (Wildman–Crippen LogP) is 0.757. The number of rotatable bonds is 5. The van der Waals surface area contributed by atoms with Gasteiger partial charge in [-0.2, -0.15) is 0 Å². The second-order valence-electron chi connectivity index (χ2n) is 4.15. The SMILES string of the molecule is CC(NCCN1CCNC1=O)c1ccccn1. The van der Waals surface area contributed by atoms with Gasteiger partial charge in [-0.25, -0.2) is 4.79 Å². The molecule has 5 nitrogen and oxygen atoms in total. The van der Waals surface area contributed by atoms with Gasteiger partial charge in [0.2, 0.25) is 0 Å². The van der Waals surface area contributed by atoms with Gasteiger partial charge in [0.25, 0.3) is 0 Å². The van der Waals surface area contributed by atoms with E-state index in [0.29, 0.717) is 0 Å². The first-order valence-electron chi connectivity index (χ1n) is 5.94. The number of amides is 2. The van der Waals surface area contributed by atoms with Crippen LogP contribution in [0.5, 0.6) is 0 Å². The Balaban J connectivity index is 1.73. The van der Waals surface area contributed by atoms with Crippen LogP contribution in [-0.4, -0.2) is 42.1 Å². The summed E-state index contributed by atoms with van der Waals surface area (Å²) in [6.45, 7) is 5.16. The molecule has 2 amide bonds. The maximum absolute atomic E-state index is 11.3. The van der Waals surface area contributed by atoms with Crippen molar-refractivity contribution in [2.24, 2.45) is 0 Å². The minimum Gasteiger partial charge on any atom is -0.336 e. The number of hydrogen-bond donors (Lipinski definition) is 2. The Morgan fingerprint density at radius 2 is 2.47 bits per heavy atom. The molecule has 0 saturated carbocycles. The van der Waals surface area contributed by atoms with Crippen molar-refractivity contribution in [1.82, 2.24) is 20.5 Å². The lowest BCUT2D eigenvalue weighted by Crippen LogP contribution is -2.35. The highest BCUT2D eigenvalue weighted by molar-refractivity contribution is 5.76. The maximum Gasteiger partial charge on any atom is 0.317 e. The Morgan fingerprint density at radius 3 is 3.12 bits per heavy atom. The van der Waals surface area contributed by atoms with E-state index in [1.807, 2.05) is 23.1 Å². The van der Waals surface area contributed by atoms with E-state index in [9.17, 15) is 4.79 Å². The molecule has 1 saturated heterocycles. The molecule has 0 spiro atoms. The second-order valence-corrected chi connectivity index (χ2v) is 4.15. The van der Waals surface area contributed by atoms with Crippen molar-refractivity contribution in [3.63, 3.8) is 0 Å². The molecular formula is C12H18N4O. The Morgan fingerprint density at radius 1 is 1.59 bits per heavy atom. The summed E-state index contributed by atoms with van der Waals surface area (Å²) in [4.78, 5) is 17.4. The fraction of sp³-hybridized carbons (Fsp3) is 0.500. The molecule has 1 aliphatic rings. The first-order chi connectivity index (χ1) is 8.27. The molecule has 2 heterocycles. The number of aromatic nitrogens is 1. The standard InChI is InChI=1S/C12H18N4O/c1-10(11-4-2-3-5-14-11)13-6-8-16-9-7-15-12(16)17/h2-5,10,13H,6-9H2,1H3,(H,15,17). The van der Waals surface area contributed by atoms with Gasteiger partial charge in [-0.1, -0.05) is 6.07 Å². The van der Waals surface area contributed by atoms with Gasteiger partial charge in [-0.3, -0.25) is 4.98 Å². The van der Waals surface area contributed by atoms with E-state index in [1.54, 1.807) is 6.20 Å². The molecule has 0 aliphatic carbocycles. The largest absolute Gasteiger partial charge is 0.336 e. The smallest absolute Gasteiger partial charge is 0.317 e. The molecule has 1 aromatic rings. The molecule has 1 aromatic heterocycles. The van der Waals surface area contributed by atoms with Gasteiger partial charge in [0.05, 0.1) is 5.69 Å². The van der Waals surface area contributed by atoms with Gasteiger partial charge >= 0.3 is 6.03 Å². The normalized spacial score (nSPS) is 17.0. The lowest BCUT2D eigenvalue weighted by Gasteiger charge is -2.17. The van der Waals surface area contributed by atoms with Gasteiger partial charge in [-0.15, -0.1) is 0 Å². The average molecular weight is 234 g/mol. The molecule has 17 heavy (non-hydrogen) atoms. The Labute approximate surface area is 101 Å². The van der Waals surface area contributed by atoms with Crippen molar-refractivity contribution in [3.8, 4) is 0 Å². The average Bonchev–Trinajstić information content (AvgIpc) is 2.76. The summed E-state index contributed by atoms with van der Waals surface area (Å²) in [5.74, 6) is 0. The van der Waals surface area contributed by atoms with E-state index in [2.05, 4.69) is 22.5 Å². The third-order valence-electron chi connectivity index (χ3n) is 2.91. The number of nitrogens with one attached hydrogen (secondary N) is 2. The van der Waals surface area contributed by atoms with Crippen molar-refractivity contribution >= 4 is 6.03 Å². The number of carbonyl (C=O) groups excluding carboxylic acids is 1. The molecule has 0 radical (unpaired) electrons. The van der Waals surface area contributed by atoms with Gasteiger partial charge in [0.15, 0.2) is 0 Å². The molecular weight excluding hydrogens is 216 g/mol. The van der Waals surface area contributed by atoms with Gasteiger partial charge < -0.3 is 15.5 Å². The highest BCUT2D eigenvalue weighted by Crippen LogP contribution is 2.07. The van der Waals surface area contributed by atoms with Gasteiger partial charge in [-0.05, 0) is 19.1 Å². The summed E-state index contributed by atoms with van der Waals surface area (Å²) in [6.07, 6.45) is 1.79. The zero-order valence-corrected chi connectivity index (χ0v) is 10.0. The van der Waals surface area contributed by atoms with Crippen molar-refractivity contribution < 1.29 is 4.79 Å². The van der Waals surface area contributed by atoms with Crippen molar-refractivity contribution in [2.45, 2.75) is 13.0 Å². The van der Waals surface area contributed by atoms with Crippen LogP contribution in [0.3, 0.4) is 0 Å². The maximum atomic E-state index is 11.3. The minimum absolute atomic E-state index is 0.0392. The lowest BCUT2D eigenvalue weighted by atomic mass is 10.2. The van der Waals surface area contributed by atoms with E-state index in [-0.39, 0.29) is 12.1 Å². The summed E-state index contributed by atoms with van der Waals surface area (Å²) in [5, 5.41) is 6.15. The highest BCUT2D eigenvalue weighted by atomic mass is 16.2. The molecule has 1 fully saturated rings. The molecule has 0 aromatic carbocycles. The van der Waals surface area contributed by atoms with Crippen LogP contribution in [0.25, 0.3) is 0 Å². The van der Waals surface area contributed by atoms with Crippen LogP contribution in [0.1, 0.15) is 18.7 Å². The molecule has 5 heteroatoms. The van der Waals surface area contributed by atoms with Crippen LogP contribution in [-0.2, 0) is 0 Å². The molecule has 92 valence electrons. The summed E-state index contributed by atoms with van der Waals surface area (Å²) >= 11 is 0. The van der Waals surface area contributed by atoms with Crippen LogP contribution in [0.15, 0.2) is 24.4 Å². The molecule has 0 bridgehead atoms. The van der Waals surface area contributed by atoms with Crippen LogP contribution in [0.4, 0.5) is 4.79 Å². The Kier molecular flexibility index (Phi) is 3.93. The molecule has 1 unspecified atom stereocenters. The van der Waals surface area contributed by atoms with Crippen LogP contribution >= 0.6 is 0 Å². The Hall–Kier alpha value is -1.62. The first-order valence-corrected chi connectivity index (χ1v) is 5.94. The number of urea groups is 1. The highest BCUT2D eigenvalue weighted by Gasteiger charge is 2.18. The first kappa shape index (κ1) is 11.9. The summed E-state index contributed by atoms with van der Waals surface area (Å²) < 4.78 is 0. The second kappa shape index (κ2) is 5.63. The third kappa shape index (κ3) is 3.17. The predicted molar refractivity (Wildman–Crippen MR) is 65.6 cm³/mol. The van der Waals surface area contributed by atoms with E-state index in [4.69, 9.17) is 0 Å². The summed E-state index contributed by atoms with van der Waals surface area (Å²) in [7, 11) is 0. The molecule has 2 rings (SSSR count). The zero-order chi connectivity index (χ0) is 12.1. The van der Waals surface area contributed by atoms with Crippen molar-refractivity contribution in [3.05, 3.63) is 30.1 Å². The Bertz CT molecular complexity index is 368. The van der Waals surface area contributed by atoms with Crippen molar-refractivity contribution in [2.75, 3.05) is 26.2 Å². The van der Waals surface area contributed by atoms with Crippen LogP contribution in [0.2, 0.25) is 0 Å². The summed E-state index contributed by atoms with van der Waals surface area (Å²) in [5.41, 5.74) is 1.03. The third-order valence-corrected chi connectivity index (χ3v) is 2.91. The van der Waals surface area contributed by atoms with E-state index in [1.165, 1.54) is 0 Å². The van der Waals surface area contributed by atoms with E-state index in [0.717, 1.165) is 31.9 Å². The fourth-order valence-electron chi connectivity index (χ4n) is 1.88. The van der Waals surface area contributed by atoms with Crippen LogP contribution in [0, 0.1) is 0 Å². The lowest BCUT2D eigenvalue weighted by molar-refractivity contribution is 0.217. The van der Waals surface area contributed by atoms with Gasteiger partial charge in [0, 0.05) is 38.4 Å². The quantitative estimate of drug-likeness (QED) is 0.790. The molecule has 2 N–H and O–H groups in total. The fourth-order valence-corrected chi connectivity index (χ4v) is 1.88. The van der Waals surface area contributed by atoms with Crippen molar-refractivity contribution in [1.29, 1.82) is 0 Å². The summed E-state index contributed by atoms with van der Waals surface area (Å²) in [6, 6.07) is 6.14.